The minimum atomic E-state index is -0.125. The van der Waals surface area contributed by atoms with Crippen LogP contribution in [0.25, 0.3) is 0 Å². The van der Waals surface area contributed by atoms with Crippen molar-refractivity contribution < 1.29 is 24.9 Å². The zero-order chi connectivity index (χ0) is 13.9. The Morgan fingerprint density at radius 1 is 0.941 bits per heavy atom. The fraction of sp³-hybridized carbons (Fsp3) is 0.200. The number of aliphatic hydroxyl groups excluding tert-OH is 2. The van der Waals surface area contributed by atoms with E-state index in [1.165, 1.54) is 0 Å². The van der Waals surface area contributed by atoms with E-state index in [2.05, 4.69) is 0 Å². The molecule has 7 nitrogen and oxygen atoms in total. The van der Waals surface area contributed by atoms with Gasteiger partial charge in [0.25, 0.3) is 0 Å². The summed E-state index contributed by atoms with van der Waals surface area (Å²) in [7, 11) is 0. The van der Waals surface area contributed by atoms with Gasteiger partial charge in [0.2, 0.25) is 12.2 Å². The molecule has 0 radical (unpaired) electrons. The van der Waals surface area contributed by atoms with Gasteiger partial charge < -0.3 is 15.3 Å². The molecule has 0 saturated heterocycles. The summed E-state index contributed by atoms with van der Waals surface area (Å²) in [5.41, 5.74) is 0. The number of hydrogen-bond donors (Lipinski definition) is 5. The Kier molecular flexibility index (Phi) is 27.8. The highest BCUT2D eigenvalue weighted by Gasteiger charge is 1.74. The molecule has 0 spiro atoms. The van der Waals surface area contributed by atoms with E-state index in [0.29, 0.717) is 5.75 Å². The molecule has 0 atom stereocenters. The summed E-state index contributed by atoms with van der Waals surface area (Å²) in [6.07, 6.45) is 1.50. The monoisotopic (exact) mass is 242 g/mol. The molecular weight excluding hydrogens is 228 g/mol. The van der Waals surface area contributed by atoms with Crippen LogP contribution in [0.1, 0.15) is 0 Å². The van der Waals surface area contributed by atoms with Gasteiger partial charge >= 0.3 is 0 Å². The predicted molar refractivity (Wildman–Crippen MR) is 59.1 cm³/mol. The van der Waals surface area contributed by atoms with Gasteiger partial charge in [0.1, 0.15) is 5.75 Å². The Morgan fingerprint density at radius 2 is 1.24 bits per heavy atom. The number of isocyanates is 2. The zero-order valence-corrected chi connectivity index (χ0v) is 8.96. The third-order valence-corrected chi connectivity index (χ3v) is 0.856. The summed E-state index contributed by atoms with van der Waals surface area (Å²) < 4.78 is 0. The second-order valence-electron chi connectivity index (χ2n) is 1.99. The SMILES string of the molecule is N=C=O.N=C=O.OCCO.Oc1ccccc1. The fourth-order valence-electron chi connectivity index (χ4n) is 0.428. The number of phenolic OH excluding ortho intramolecular Hbond substituents is 1. The molecule has 0 unspecified atom stereocenters. The minimum absolute atomic E-state index is 0.125. The number of phenols is 1. The average Bonchev–Trinajstić information content (AvgIpc) is 2.32. The molecule has 0 heterocycles. The number of hydrogen-bond acceptors (Lipinski definition) is 7. The van der Waals surface area contributed by atoms with Crippen molar-refractivity contribution in [3.05, 3.63) is 30.3 Å². The van der Waals surface area contributed by atoms with E-state index < -0.39 is 0 Å². The molecule has 1 aromatic rings. The van der Waals surface area contributed by atoms with E-state index in [4.69, 9.17) is 35.7 Å². The van der Waals surface area contributed by atoms with E-state index in [-0.39, 0.29) is 13.2 Å². The van der Waals surface area contributed by atoms with Crippen molar-refractivity contribution in [3.8, 4) is 5.75 Å². The summed E-state index contributed by atoms with van der Waals surface area (Å²) in [5.74, 6) is 0.322. The van der Waals surface area contributed by atoms with Crippen molar-refractivity contribution >= 4 is 12.2 Å². The molecule has 0 aromatic heterocycles. The highest BCUT2D eigenvalue weighted by atomic mass is 16.3. The Balaban J connectivity index is -0.000000170. The molecule has 0 aliphatic carbocycles. The van der Waals surface area contributed by atoms with Crippen LogP contribution < -0.4 is 0 Å². The fourth-order valence-corrected chi connectivity index (χ4v) is 0.428. The number of benzene rings is 1. The molecule has 5 N–H and O–H groups in total. The van der Waals surface area contributed by atoms with Crippen molar-refractivity contribution in [1.82, 2.24) is 0 Å². The molecule has 7 heteroatoms. The van der Waals surface area contributed by atoms with Crippen LogP contribution in [-0.4, -0.2) is 40.7 Å². The number of aliphatic hydroxyl groups is 2. The summed E-state index contributed by atoms with van der Waals surface area (Å²) >= 11 is 0. The van der Waals surface area contributed by atoms with E-state index >= 15 is 0 Å². The molecule has 0 aliphatic heterocycles. The van der Waals surface area contributed by atoms with Crippen LogP contribution in [-0.2, 0) is 9.59 Å². The quantitative estimate of drug-likeness (QED) is 0.352. The second kappa shape index (κ2) is 23.5. The number of carbonyl (C=O) groups excluding carboxylic acids is 2. The van der Waals surface area contributed by atoms with Crippen LogP contribution in [0, 0.1) is 10.8 Å². The molecule has 0 amide bonds. The van der Waals surface area contributed by atoms with Gasteiger partial charge in [0.05, 0.1) is 13.2 Å². The minimum Gasteiger partial charge on any atom is -0.508 e. The van der Waals surface area contributed by atoms with Crippen LogP contribution >= 0.6 is 0 Å². The van der Waals surface area contributed by atoms with Crippen molar-refractivity contribution in [3.63, 3.8) is 0 Å². The van der Waals surface area contributed by atoms with Gasteiger partial charge in [0, 0.05) is 0 Å². The van der Waals surface area contributed by atoms with Gasteiger partial charge in [-0.25, -0.2) is 20.4 Å². The maximum atomic E-state index is 8.63. The predicted octanol–water partition coefficient (Wildman–Crippen LogP) is 0.165. The van der Waals surface area contributed by atoms with Crippen LogP contribution in [0.3, 0.4) is 0 Å². The van der Waals surface area contributed by atoms with E-state index in [1.54, 1.807) is 24.3 Å². The van der Waals surface area contributed by atoms with Gasteiger partial charge in [-0.2, -0.15) is 0 Å². The first-order valence-corrected chi connectivity index (χ1v) is 4.17. The molecular formula is C10H14N2O5. The third-order valence-electron chi connectivity index (χ3n) is 0.856. The van der Waals surface area contributed by atoms with Gasteiger partial charge in [-0.1, -0.05) is 18.2 Å². The lowest BCUT2D eigenvalue weighted by Crippen LogP contribution is -1.85. The van der Waals surface area contributed by atoms with Crippen molar-refractivity contribution in [2.24, 2.45) is 0 Å². The first-order valence-electron chi connectivity index (χ1n) is 4.17. The normalized spacial score (nSPS) is 6.24. The maximum Gasteiger partial charge on any atom is 0.231 e. The molecule has 0 bridgehead atoms. The van der Waals surface area contributed by atoms with Gasteiger partial charge in [-0.15, -0.1) is 0 Å². The Labute approximate surface area is 98.0 Å². The number of nitrogens with one attached hydrogen (secondary N) is 2. The number of para-hydroxylation sites is 1. The van der Waals surface area contributed by atoms with Crippen LogP contribution in [0.2, 0.25) is 0 Å². The van der Waals surface area contributed by atoms with Crippen LogP contribution in [0.4, 0.5) is 0 Å². The molecule has 1 rings (SSSR count). The van der Waals surface area contributed by atoms with Crippen molar-refractivity contribution in [2.75, 3.05) is 13.2 Å². The van der Waals surface area contributed by atoms with Crippen LogP contribution in [0.5, 0.6) is 5.75 Å². The molecule has 0 aliphatic rings. The largest absolute Gasteiger partial charge is 0.508 e. The molecule has 17 heavy (non-hydrogen) atoms. The highest BCUT2D eigenvalue weighted by molar-refractivity contribution is 5.26. The standard InChI is InChI=1S/C6H6O.C2H6O2.2CHNO/c7-6-4-2-1-3-5-6;3-1-2-4;2*2-1-3/h1-5,7H;3-4H,1-2H2;2*2H. The third kappa shape index (κ3) is 41.8. The van der Waals surface area contributed by atoms with E-state index in [1.807, 2.05) is 6.07 Å². The lowest BCUT2D eigenvalue weighted by molar-refractivity contribution is 0.186. The lowest BCUT2D eigenvalue weighted by atomic mass is 10.3. The van der Waals surface area contributed by atoms with Gasteiger partial charge in [-0.05, 0) is 12.1 Å². The van der Waals surface area contributed by atoms with E-state index in [9.17, 15) is 0 Å². The Bertz CT molecular complexity index is 290. The van der Waals surface area contributed by atoms with Crippen molar-refractivity contribution in [1.29, 1.82) is 10.8 Å². The Hall–Kier alpha value is -2.30. The summed E-state index contributed by atoms with van der Waals surface area (Å²) in [5, 5.41) is 34.7. The summed E-state index contributed by atoms with van der Waals surface area (Å²) in [4.78, 5) is 16.7. The first kappa shape index (κ1) is 20.2. The summed E-state index contributed by atoms with van der Waals surface area (Å²) in [6.45, 7) is -0.250. The smallest absolute Gasteiger partial charge is 0.231 e. The lowest BCUT2D eigenvalue weighted by Gasteiger charge is -1.82. The van der Waals surface area contributed by atoms with E-state index in [0.717, 1.165) is 12.2 Å². The van der Waals surface area contributed by atoms with Gasteiger partial charge in [-0.3, -0.25) is 0 Å². The zero-order valence-electron chi connectivity index (χ0n) is 8.96. The number of aromatic hydroxyl groups is 1. The van der Waals surface area contributed by atoms with Crippen molar-refractivity contribution in [2.45, 2.75) is 0 Å². The topological polar surface area (TPSA) is 143 Å². The molecule has 0 fully saturated rings. The molecule has 0 saturated carbocycles. The van der Waals surface area contributed by atoms with Crippen LogP contribution in [0.15, 0.2) is 30.3 Å². The highest BCUT2D eigenvalue weighted by Crippen LogP contribution is 2.02. The molecule has 1 aromatic carbocycles. The first-order chi connectivity index (χ1) is 8.14. The number of rotatable bonds is 1. The maximum absolute atomic E-state index is 8.63. The average molecular weight is 242 g/mol. The summed E-state index contributed by atoms with van der Waals surface area (Å²) in [6, 6.07) is 8.71. The molecule has 94 valence electrons. The Morgan fingerprint density at radius 3 is 1.35 bits per heavy atom. The van der Waals surface area contributed by atoms with Gasteiger partial charge in [0.15, 0.2) is 0 Å². The second-order valence-corrected chi connectivity index (χ2v) is 1.99.